The summed E-state index contributed by atoms with van der Waals surface area (Å²) in [5, 5.41) is 6.40. The zero-order valence-electron chi connectivity index (χ0n) is 15.1. The molecule has 1 aliphatic rings. The lowest BCUT2D eigenvalue weighted by Crippen LogP contribution is -2.47. The van der Waals surface area contributed by atoms with Crippen LogP contribution in [0.4, 0.5) is 0 Å². The number of rotatable bonds is 6. The van der Waals surface area contributed by atoms with Gasteiger partial charge in [-0.3, -0.25) is 4.79 Å². The number of carbonyl (C=O) groups is 1. The lowest BCUT2D eigenvalue weighted by atomic mass is 10.0. The summed E-state index contributed by atoms with van der Waals surface area (Å²) in [5.41, 5.74) is 3.26. The maximum Gasteiger partial charge on any atom is 0.228 e. The molecule has 25 heavy (non-hydrogen) atoms. The standard InChI is InChI=1S/C20H27N3OS/c1-3-12-23(18-8-10-21-11-9-18)19(24)13-17-14-25-20(22-17)16-6-4-15(2)5-7-16/h4-7,14,18,21H,3,8-13H2,1-2H3. The molecule has 5 heteroatoms. The number of piperidine rings is 1. The molecule has 1 aliphatic heterocycles. The number of nitrogens with one attached hydrogen (secondary N) is 1. The van der Waals surface area contributed by atoms with Crippen molar-refractivity contribution >= 4 is 17.2 Å². The first-order chi connectivity index (χ1) is 12.2. The molecule has 0 radical (unpaired) electrons. The highest BCUT2D eigenvalue weighted by atomic mass is 32.1. The van der Waals surface area contributed by atoms with Crippen LogP contribution < -0.4 is 5.32 Å². The van der Waals surface area contributed by atoms with Gasteiger partial charge in [0.2, 0.25) is 5.91 Å². The van der Waals surface area contributed by atoms with Gasteiger partial charge in [0.25, 0.3) is 0 Å². The van der Waals surface area contributed by atoms with Crippen molar-refractivity contribution in [3.8, 4) is 10.6 Å². The summed E-state index contributed by atoms with van der Waals surface area (Å²) in [5.74, 6) is 0.217. The van der Waals surface area contributed by atoms with Gasteiger partial charge in [0.15, 0.2) is 0 Å². The minimum Gasteiger partial charge on any atom is -0.339 e. The predicted molar refractivity (Wildman–Crippen MR) is 104 cm³/mol. The number of amides is 1. The topological polar surface area (TPSA) is 45.2 Å². The minimum absolute atomic E-state index is 0.217. The van der Waals surface area contributed by atoms with Crippen LogP contribution >= 0.6 is 11.3 Å². The number of thiazole rings is 1. The molecule has 0 spiro atoms. The van der Waals surface area contributed by atoms with E-state index in [9.17, 15) is 4.79 Å². The van der Waals surface area contributed by atoms with E-state index in [2.05, 4.69) is 48.3 Å². The van der Waals surface area contributed by atoms with Crippen LogP contribution in [-0.4, -0.2) is 41.5 Å². The summed E-state index contributed by atoms with van der Waals surface area (Å²) in [6.45, 7) is 7.08. The zero-order chi connectivity index (χ0) is 17.6. The van der Waals surface area contributed by atoms with Gasteiger partial charge in [-0.1, -0.05) is 36.8 Å². The Kier molecular flexibility index (Phi) is 6.21. The second-order valence-corrected chi connectivity index (χ2v) is 7.61. The van der Waals surface area contributed by atoms with Crippen molar-refractivity contribution in [2.75, 3.05) is 19.6 Å². The summed E-state index contributed by atoms with van der Waals surface area (Å²) < 4.78 is 0. The van der Waals surface area contributed by atoms with E-state index in [4.69, 9.17) is 4.98 Å². The smallest absolute Gasteiger partial charge is 0.228 e. The molecule has 4 nitrogen and oxygen atoms in total. The summed E-state index contributed by atoms with van der Waals surface area (Å²) >= 11 is 1.62. The van der Waals surface area contributed by atoms with Crippen LogP contribution in [0, 0.1) is 6.92 Å². The largest absolute Gasteiger partial charge is 0.339 e. The van der Waals surface area contributed by atoms with Crippen molar-refractivity contribution in [3.05, 3.63) is 40.9 Å². The number of aryl methyl sites for hydroxylation is 1. The van der Waals surface area contributed by atoms with Gasteiger partial charge in [0.1, 0.15) is 5.01 Å². The van der Waals surface area contributed by atoms with Gasteiger partial charge in [0.05, 0.1) is 12.1 Å². The fourth-order valence-electron chi connectivity index (χ4n) is 3.34. The Hall–Kier alpha value is -1.72. The van der Waals surface area contributed by atoms with Gasteiger partial charge in [-0.2, -0.15) is 0 Å². The van der Waals surface area contributed by atoms with Crippen LogP contribution in [0.2, 0.25) is 0 Å². The molecule has 3 rings (SSSR count). The summed E-state index contributed by atoms with van der Waals surface area (Å²) in [6, 6.07) is 8.77. The van der Waals surface area contributed by atoms with Crippen LogP contribution in [0.1, 0.15) is 37.4 Å². The molecule has 0 unspecified atom stereocenters. The van der Waals surface area contributed by atoms with Gasteiger partial charge < -0.3 is 10.2 Å². The van der Waals surface area contributed by atoms with Crippen LogP contribution in [0.15, 0.2) is 29.6 Å². The molecule has 0 bridgehead atoms. The van der Waals surface area contributed by atoms with Crippen molar-refractivity contribution in [2.24, 2.45) is 0 Å². The molecule has 1 N–H and O–H groups in total. The van der Waals surface area contributed by atoms with Gasteiger partial charge in [-0.25, -0.2) is 4.98 Å². The molecule has 1 amide bonds. The van der Waals surface area contributed by atoms with Crippen molar-refractivity contribution in [3.63, 3.8) is 0 Å². The third-order valence-electron chi connectivity index (χ3n) is 4.72. The van der Waals surface area contributed by atoms with Gasteiger partial charge in [-0.05, 0) is 39.3 Å². The van der Waals surface area contributed by atoms with E-state index in [1.807, 2.05) is 5.38 Å². The van der Waals surface area contributed by atoms with Crippen LogP contribution in [-0.2, 0) is 11.2 Å². The minimum atomic E-state index is 0.217. The number of hydrogen-bond donors (Lipinski definition) is 1. The Bertz CT molecular complexity index is 689. The van der Waals surface area contributed by atoms with Crippen molar-refractivity contribution in [1.82, 2.24) is 15.2 Å². The second-order valence-electron chi connectivity index (χ2n) is 6.76. The molecule has 1 fully saturated rings. The lowest BCUT2D eigenvalue weighted by Gasteiger charge is -2.34. The Morgan fingerprint density at radius 1 is 1.28 bits per heavy atom. The van der Waals surface area contributed by atoms with Crippen LogP contribution in [0.25, 0.3) is 10.6 Å². The SMILES string of the molecule is CCCN(C(=O)Cc1csc(-c2ccc(C)cc2)n1)C1CCNCC1. The van der Waals surface area contributed by atoms with Crippen LogP contribution in [0.3, 0.4) is 0 Å². The average Bonchev–Trinajstić information content (AvgIpc) is 3.09. The van der Waals surface area contributed by atoms with E-state index in [1.54, 1.807) is 11.3 Å². The molecular weight excluding hydrogens is 330 g/mol. The normalized spacial score (nSPS) is 15.3. The summed E-state index contributed by atoms with van der Waals surface area (Å²) in [6.07, 6.45) is 3.52. The maximum absolute atomic E-state index is 12.9. The van der Waals surface area contributed by atoms with E-state index in [0.717, 1.165) is 55.2 Å². The van der Waals surface area contributed by atoms with E-state index >= 15 is 0 Å². The van der Waals surface area contributed by atoms with E-state index in [-0.39, 0.29) is 5.91 Å². The third-order valence-corrected chi connectivity index (χ3v) is 5.66. The van der Waals surface area contributed by atoms with E-state index in [0.29, 0.717) is 12.5 Å². The molecule has 2 heterocycles. The van der Waals surface area contributed by atoms with E-state index < -0.39 is 0 Å². The first-order valence-corrected chi connectivity index (χ1v) is 10.1. The van der Waals surface area contributed by atoms with Crippen molar-refractivity contribution in [1.29, 1.82) is 0 Å². The molecule has 134 valence electrons. The highest BCUT2D eigenvalue weighted by Gasteiger charge is 2.25. The second kappa shape index (κ2) is 8.59. The van der Waals surface area contributed by atoms with Crippen molar-refractivity contribution in [2.45, 2.75) is 45.6 Å². The third kappa shape index (κ3) is 4.67. The quantitative estimate of drug-likeness (QED) is 0.858. The fraction of sp³-hybridized carbons (Fsp3) is 0.500. The molecule has 0 aliphatic carbocycles. The Balaban J connectivity index is 1.67. The van der Waals surface area contributed by atoms with Crippen LogP contribution in [0.5, 0.6) is 0 Å². The van der Waals surface area contributed by atoms with Crippen molar-refractivity contribution < 1.29 is 4.79 Å². The maximum atomic E-state index is 12.9. The van der Waals surface area contributed by atoms with E-state index in [1.165, 1.54) is 5.56 Å². The first kappa shape index (κ1) is 18.1. The number of carbonyl (C=O) groups excluding carboxylic acids is 1. The zero-order valence-corrected chi connectivity index (χ0v) is 15.9. The lowest BCUT2D eigenvalue weighted by molar-refractivity contribution is -0.133. The molecule has 1 saturated heterocycles. The molecule has 2 aromatic rings. The molecule has 1 aromatic heterocycles. The molecule has 1 aromatic carbocycles. The number of aromatic nitrogens is 1. The Morgan fingerprint density at radius 2 is 2.00 bits per heavy atom. The molecule has 0 saturated carbocycles. The highest BCUT2D eigenvalue weighted by Crippen LogP contribution is 2.24. The summed E-state index contributed by atoms with van der Waals surface area (Å²) in [4.78, 5) is 19.6. The monoisotopic (exact) mass is 357 g/mol. The number of hydrogen-bond acceptors (Lipinski definition) is 4. The number of benzene rings is 1. The first-order valence-electron chi connectivity index (χ1n) is 9.19. The summed E-state index contributed by atoms with van der Waals surface area (Å²) in [7, 11) is 0. The average molecular weight is 358 g/mol. The predicted octanol–water partition coefficient (Wildman–Crippen LogP) is 3.65. The Morgan fingerprint density at radius 3 is 2.68 bits per heavy atom. The van der Waals surface area contributed by atoms with Gasteiger partial charge in [0, 0.05) is 23.5 Å². The fourth-order valence-corrected chi connectivity index (χ4v) is 4.17. The molecular formula is C20H27N3OS. The highest BCUT2D eigenvalue weighted by molar-refractivity contribution is 7.13. The Labute approximate surface area is 154 Å². The number of nitrogens with zero attached hydrogens (tertiary/aromatic N) is 2. The van der Waals surface area contributed by atoms with Gasteiger partial charge in [-0.15, -0.1) is 11.3 Å². The van der Waals surface area contributed by atoms with Gasteiger partial charge >= 0.3 is 0 Å². The molecule has 0 atom stereocenters.